The van der Waals surface area contributed by atoms with Crippen LogP contribution in [0.3, 0.4) is 0 Å². The summed E-state index contributed by atoms with van der Waals surface area (Å²) < 4.78 is 41.9. The molecule has 386 valence electrons. The van der Waals surface area contributed by atoms with Gasteiger partial charge in [0.05, 0.1) is 36.2 Å². The van der Waals surface area contributed by atoms with E-state index < -0.39 is 119 Å². The minimum absolute atomic E-state index is 0.0377. The maximum Gasteiger partial charge on any atom is 0.509 e. The van der Waals surface area contributed by atoms with Crippen molar-refractivity contribution in [3.05, 3.63) is 119 Å². The van der Waals surface area contributed by atoms with Gasteiger partial charge in [-0.25, -0.2) is 14.4 Å². The van der Waals surface area contributed by atoms with Crippen molar-refractivity contribution in [1.82, 2.24) is 5.32 Å². The third-order valence-corrected chi connectivity index (χ3v) is 16.7. The molecule has 1 amide bonds. The molecular formula is C52H59NO17S2. The minimum Gasteiger partial charge on any atom is -0.455 e. The average molecular weight is 1030 g/mol. The average Bonchev–Trinajstić information content (AvgIpc) is 3.35. The summed E-state index contributed by atoms with van der Waals surface area (Å²) in [7, 11) is 2.67. The van der Waals surface area contributed by atoms with Gasteiger partial charge in [-0.3, -0.25) is 19.2 Å². The number of hydrogen-bond acceptors (Lipinski definition) is 19. The Morgan fingerprint density at radius 1 is 0.833 bits per heavy atom. The third kappa shape index (κ3) is 10.4. The van der Waals surface area contributed by atoms with Crippen LogP contribution in [0.4, 0.5) is 4.79 Å². The first-order valence-electron chi connectivity index (χ1n) is 23.4. The number of benzene rings is 3. The maximum absolute atomic E-state index is 15.7. The van der Waals surface area contributed by atoms with Crippen molar-refractivity contribution < 1.29 is 82.0 Å². The Hall–Kier alpha value is -5.77. The molecule has 3 fully saturated rings. The fraction of sp³-hybridized carbons (Fsp3) is 0.481. The number of Topliss-reactive ketones (excluding diaryl/α,β-unsaturated/α-hetero) is 1. The van der Waals surface area contributed by atoms with Crippen molar-refractivity contribution >= 4 is 63.3 Å². The highest BCUT2D eigenvalue weighted by Gasteiger charge is 2.78. The first-order valence-corrected chi connectivity index (χ1v) is 25.9. The lowest BCUT2D eigenvalue weighted by Gasteiger charge is -2.67. The fourth-order valence-corrected chi connectivity index (χ4v) is 12.3. The summed E-state index contributed by atoms with van der Waals surface area (Å²) in [6.45, 7) is 7.60. The van der Waals surface area contributed by atoms with Gasteiger partial charge in [-0.2, -0.15) is 0 Å². The Morgan fingerprint density at radius 3 is 2.03 bits per heavy atom. The highest BCUT2D eigenvalue weighted by Crippen LogP contribution is 2.64. The van der Waals surface area contributed by atoms with Gasteiger partial charge in [0.25, 0.3) is 5.91 Å². The molecule has 20 heteroatoms. The number of ketones is 1. The zero-order chi connectivity index (χ0) is 52.2. The van der Waals surface area contributed by atoms with Gasteiger partial charge in [-0.05, 0) is 54.8 Å². The fourth-order valence-electron chi connectivity index (χ4n) is 10.7. The van der Waals surface area contributed by atoms with E-state index in [-0.39, 0.29) is 54.3 Å². The largest absolute Gasteiger partial charge is 0.509 e. The van der Waals surface area contributed by atoms with Crippen LogP contribution in [0.15, 0.2) is 102 Å². The Balaban J connectivity index is 1.39. The summed E-state index contributed by atoms with van der Waals surface area (Å²) >= 11 is 0. The second-order valence-electron chi connectivity index (χ2n) is 18.9. The van der Waals surface area contributed by atoms with E-state index >= 15 is 9.59 Å². The summed E-state index contributed by atoms with van der Waals surface area (Å²) in [5.41, 5.74) is -7.56. The zero-order valence-electron chi connectivity index (χ0n) is 40.6. The molecule has 3 aromatic carbocycles. The molecule has 4 N–H and O–H groups in total. The predicted molar refractivity (Wildman–Crippen MR) is 260 cm³/mol. The van der Waals surface area contributed by atoms with E-state index in [0.29, 0.717) is 11.3 Å². The Kier molecular flexibility index (Phi) is 16.6. The molecule has 1 aliphatic heterocycles. The molecule has 2 bridgehead atoms. The van der Waals surface area contributed by atoms with Gasteiger partial charge in [-0.15, -0.1) is 0 Å². The van der Waals surface area contributed by atoms with Crippen LogP contribution in [0.2, 0.25) is 0 Å². The van der Waals surface area contributed by atoms with Gasteiger partial charge in [0.15, 0.2) is 17.5 Å². The summed E-state index contributed by atoms with van der Waals surface area (Å²) in [6, 6.07) is 22.5. The van der Waals surface area contributed by atoms with Gasteiger partial charge in [0, 0.05) is 49.2 Å². The topological polar surface area (TPSA) is 257 Å². The predicted octanol–water partition coefficient (Wildman–Crippen LogP) is 5.27. The molecule has 0 aromatic heterocycles. The number of hydrogen-bond donors (Lipinski definition) is 4. The van der Waals surface area contributed by atoms with Crippen LogP contribution in [0.25, 0.3) is 0 Å². The molecule has 1 heterocycles. The standard InChI is InChI=1S/C52H59NO17S2/c1-29-35(67-47(61)41(68-48(62)64-23-25-72-71-24-22-54)39(32-16-10-7-11-17-32)53-45(59)33-18-12-8-13-19-33)27-52(63)44(69-46(60)34-20-14-9-15-21-34)42-50(6,36(57)26-37-51(42,28-65-37)70-31(3)56)43(58)40(66-30(2)55)38(29)49(52,4)5/h7-21,35-37,39-42,44,54,57,63H,22-28H2,1-6H3,(H,53,59)/t35?,36-,37+,39?,40+,41?,42?,44?,50+,51+,52+/m0/s1. The lowest BCUT2D eigenvalue weighted by molar-refractivity contribution is -0.346. The van der Waals surface area contributed by atoms with Gasteiger partial charge < -0.3 is 53.8 Å². The quantitative estimate of drug-likeness (QED) is 0.0441. The summed E-state index contributed by atoms with van der Waals surface area (Å²) in [6.07, 6.45) is -12.2. The van der Waals surface area contributed by atoms with Crippen molar-refractivity contribution in [3.8, 4) is 0 Å². The van der Waals surface area contributed by atoms with Crippen molar-refractivity contribution in [1.29, 1.82) is 0 Å². The van der Waals surface area contributed by atoms with Crippen LogP contribution < -0.4 is 5.32 Å². The maximum atomic E-state index is 15.7. The summed E-state index contributed by atoms with van der Waals surface area (Å²) in [5.74, 6) is -6.42. The Labute approximate surface area is 424 Å². The van der Waals surface area contributed by atoms with Crippen LogP contribution in [0.5, 0.6) is 0 Å². The Bertz CT molecular complexity index is 2550. The van der Waals surface area contributed by atoms with Crippen molar-refractivity contribution in [2.45, 2.75) is 108 Å². The second-order valence-corrected chi connectivity index (χ2v) is 21.6. The molecule has 18 nitrogen and oxygen atoms in total. The number of amides is 1. The number of nitrogens with one attached hydrogen (secondary N) is 1. The first kappa shape index (κ1) is 54.0. The number of carbonyl (C=O) groups is 7. The van der Waals surface area contributed by atoms with Crippen molar-refractivity contribution in [2.24, 2.45) is 16.7 Å². The number of aliphatic hydroxyl groups is 3. The molecular weight excluding hydrogens is 975 g/mol. The molecule has 3 aromatic rings. The summed E-state index contributed by atoms with van der Waals surface area (Å²) in [4.78, 5) is 99.2. The Morgan fingerprint density at radius 2 is 1.44 bits per heavy atom. The number of esters is 4. The number of fused-ring (bicyclic) bond motifs is 5. The molecule has 72 heavy (non-hydrogen) atoms. The van der Waals surface area contributed by atoms with E-state index in [1.165, 1.54) is 59.7 Å². The van der Waals surface area contributed by atoms with E-state index in [2.05, 4.69) is 5.32 Å². The number of carbonyl (C=O) groups excluding carboxylic acids is 7. The highest BCUT2D eigenvalue weighted by molar-refractivity contribution is 8.76. The van der Waals surface area contributed by atoms with Gasteiger partial charge in [-0.1, -0.05) is 102 Å². The van der Waals surface area contributed by atoms with Crippen molar-refractivity contribution in [3.63, 3.8) is 0 Å². The number of ether oxygens (including phenoxy) is 7. The van der Waals surface area contributed by atoms with E-state index in [4.69, 9.17) is 38.3 Å². The van der Waals surface area contributed by atoms with E-state index in [1.807, 2.05) is 0 Å². The smallest absolute Gasteiger partial charge is 0.455 e. The highest BCUT2D eigenvalue weighted by atomic mass is 33.1. The van der Waals surface area contributed by atoms with Crippen molar-refractivity contribution in [2.75, 3.05) is 31.3 Å². The summed E-state index contributed by atoms with van der Waals surface area (Å²) in [5, 5.41) is 38.1. The molecule has 0 radical (unpaired) electrons. The molecule has 3 aliphatic carbocycles. The SMILES string of the molecule is CC(=O)O[C@H]1C(=O)[C@@]2(C)C(C(OC(=O)c3ccccc3)[C@]3(O)CC(OC(=O)C(OC(=O)OCCSSCCO)C(NC(=O)c4ccccc4)c4ccccc4)C(C)=C1C3(C)C)[C@@]1(OC(C)=O)CO[C@@H]1C[C@@H]2O. The normalized spacial score (nSPS) is 28.9. The molecule has 2 saturated carbocycles. The number of rotatable bonds is 17. The molecule has 11 atom stereocenters. The zero-order valence-corrected chi connectivity index (χ0v) is 42.2. The van der Waals surface area contributed by atoms with Gasteiger partial charge in [0.1, 0.15) is 36.6 Å². The van der Waals surface area contributed by atoms with Crippen LogP contribution in [-0.2, 0) is 52.3 Å². The first-order chi connectivity index (χ1) is 34.2. The second kappa shape index (κ2) is 22.1. The lowest BCUT2D eigenvalue weighted by Crippen LogP contribution is -2.82. The van der Waals surface area contributed by atoms with Crippen LogP contribution in [0, 0.1) is 16.7 Å². The third-order valence-electron chi connectivity index (χ3n) is 14.3. The van der Waals surface area contributed by atoms with Crippen LogP contribution in [0.1, 0.15) is 86.7 Å². The van der Waals surface area contributed by atoms with Gasteiger partial charge >= 0.3 is 30.0 Å². The molecule has 1 saturated heterocycles. The monoisotopic (exact) mass is 1030 g/mol. The van der Waals surface area contributed by atoms with E-state index in [1.54, 1.807) is 80.6 Å². The molecule has 0 spiro atoms. The number of aliphatic hydroxyl groups excluding tert-OH is 2. The lowest BCUT2D eigenvalue weighted by atomic mass is 9.44. The van der Waals surface area contributed by atoms with E-state index in [9.17, 15) is 34.2 Å². The molecule has 7 rings (SSSR count). The van der Waals surface area contributed by atoms with E-state index in [0.717, 1.165) is 13.8 Å². The minimum atomic E-state index is -2.48. The molecule has 5 unspecified atom stereocenters. The van der Waals surface area contributed by atoms with Crippen LogP contribution >= 0.6 is 21.6 Å². The van der Waals surface area contributed by atoms with Crippen LogP contribution in [-0.4, -0.2) is 136 Å². The molecule has 4 aliphatic rings. The van der Waals surface area contributed by atoms with Gasteiger partial charge in [0.2, 0.25) is 6.10 Å².